The largest absolute Gasteiger partial charge is 0.365 e. The molecule has 0 aromatic heterocycles. The third-order valence-electron chi connectivity index (χ3n) is 2.24. The van der Waals surface area contributed by atoms with Gasteiger partial charge in [-0.1, -0.05) is 36.4 Å². The van der Waals surface area contributed by atoms with Crippen LogP contribution >= 0.6 is 0 Å². The lowest BCUT2D eigenvalue weighted by molar-refractivity contribution is -0.125. The van der Waals surface area contributed by atoms with Crippen molar-refractivity contribution in [1.29, 1.82) is 0 Å². The first-order valence-electron chi connectivity index (χ1n) is 4.72. The molecule has 14 heavy (non-hydrogen) atoms. The topological polar surface area (TPSA) is 26.3 Å². The van der Waals surface area contributed by atoms with Crippen LogP contribution in [0.15, 0.2) is 42.5 Å². The molecule has 0 amide bonds. The molecule has 1 atom stereocenters. The Kier molecular flexibility index (Phi) is 2.75. The predicted molar refractivity (Wildman–Crippen MR) is 53.8 cm³/mol. The third-order valence-corrected chi connectivity index (χ3v) is 2.24. The van der Waals surface area contributed by atoms with Crippen molar-refractivity contribution < 1.29 is 9.53 Å². The minimum Gasteiger partial charge on any atom is -0.365 e. The lowest BCUT2D eigenvalue weighted by atomic mass is 10.2. The van der Waals surface area contributed by atoms with Crippen LogP contribution in [0.2, 0.25) is 0 Å². The molecule has 1 aliphatic rings. The Balaban J connectivity index is 1.86. The highest BCUT2D eigenvalue weighted by Gasteiger charge is 2.19. The maximum atomic E-state index is 11.2. The second-order valence-corrected chi connectivity index (χ2v) is 3.33. The average molecular weight is 188 g/mol. The number of ketones is 1. The van der Waals surface area contributed by atoms with Crippen LogP contribution in [0.3, 0.4) is 0 Å². The maximum Gasteiger partial charge on any atom is 0.184 e. The molecule has 0 fully saturated rings. The van der Waals surface area contributed by atoms with Gasteiger partial charge in [-0.2, -0.15) is 0 Å². The fraction of sp³-hybridized carbons (Fsp3) is 0.250. The van der Waals surface area contributed by atoms with E-state index in [0.29, 0.717) is 13.0 Å². The fourth-order valence-electron chi connectivity index (χ4n) is 1.45. The summed E-state index contributed by atoms with van der Waals surface area (Å²) in [6, 6.07) is 9.88. The molecule has 0 saturated heterocycles. The van der Waals surface area contributed by atoms with E-state index in [4.69, 9.17) is 4.74 Å². The van der Waals surface area contributed by atoms with Gasteiger partial charge in [0, 0.05) is 0 Å². The van der Waals surface area contributed by atoms with Crippen molar-refractivity contribution >= 4 is 5.78 Å². The highest BCUT2D eigenvalue weighted by atomic mass is 16.5. The Labute approximate surface area is 83.2 Å². The second kappa shape index (κ2) is 4.20. The summed E-state index contributed by atoms with van der Waals surface area (Å²) >= 11 is 0. The zero-order valence-corrected chi connectivity index (χ0v) is 7.85. The molecular formula is C12H12O2. The van der Waals surface area contributed by atoms with Gasteiger partial charge in [0.25, 0.3) is 0 Å². The van der Waals surface area contributed by atoms with Crippen LogP contribution in [-0.2, 0) is 16.1 Å². The summed E-state index contributed by atoms with van der Waals surface area (Å²) in [6.45, 7) is 0.513. The SMILES string of the molecule is O=C1C=CCC1OCc1ccccc1. The molecule has 1 aliphatic carbocycles. The minimum atomic E-state index is -0.254. The second-order valence-electron chi connectivity index (χ2n) is 3.33. The number of benzene rings is 1. The molecule has 0 heterocycles. The van der Waals surface area contributed by atoms with Gasteiger partial charge >= 0.3 is 0 Å². The molecule has 2 nitrogen and oxygen atoms in total. The van der Waals surface area contributed by atoms with Crippen molar-refractivity contribution in [3.63, 3.8) is 0 Å². The highest BCUT2D eigenvalue weighted by Crippen LogP contribution is 2.12. The van der Waals surface area contributed by atoms with E-state index in [9.17, 15) is 4.79 Å². The van der Waals surface area contributed by atoms with E-state index in [-0.39, 0.29) is 11.9 Å². The molecule has 1 aromatic rings. The first kappa shape index (κ1) is 9.16. The van der Waals surface area contributed by atoms with Gasteiger partial charge in [0.15, 0.2) is 5.78 Å². The molecule has 0 N–H and O–H groups in total. The number of rotatable bonds is 3. The maximum absolute atomic E-state index is 11.2. The van der Waals surface area contributed by atoms with Crippen molar-refractivity contribution in [2.45, 2.75) is 19.1 Å². The first-order chi connectivity index (χ1) is 6.86. The van der Waals surface area contributed by atoms with Crippen molar-refractivity contribution in [3.8, 4) is 0 Å². The molecule has 72 valence electrons. The summed E-state index contributed by atoms with van der Waals surface area (Å²) in [4.78, 5) is 11.2. The molecule has 1 aromatic carbocycles. The quantitative estimate of drug-likeness (QED) is 0.726. The van der Waals surface area contributed by atoms with E-state index in [1.165, 1.54) is 0 Å². The van der Waals surface area contributed by atoms with E-state index in [0.717, 1.165) is 5.56 Å². The standard InChI is InChI=1S/C12H12O2/c13-11-7-4-8-12(11)14-9-10-5-2-1-3-6-10/h1-7,12H,8-9H2. The summed E-state index contributed by atoms with van der Waals surface area (Å²) in [7, 11) is 0. The molecule has 2 rings (SSSR count). The Morgan fingerprint density at radius 3 is 2.71 bits per heavy atom. The molecule has 1 unspecified atom stereocenters. The van der Waals surface area contributed by atoms with Gasteiger partial charge in [-0.3, -0.25) is 4.79 Å². The smallest absolute Gasteiger partial charge is 0.184 e. The van der Waals surface area contributed by atoms with Gasteiger partial charge in [-0.15, -0.1) is 0 Å². The summed E-state index contributed by atoms with van der Waals surface area (Å²) in [5.74, 6) is 0.0842. The molecule has 0 radical (unpaired) electrons. The van der Waals surface area contributed by atoms with Crippen molar-refractivity contribution in [2.75, 3.05) is 0 Å². The summed E-state index contributed by atoms with van der Waals surface area (Å²) in [5, 5.41) is 0. The van der Waals surface area contributed by atoms with Crippen LogP contribution in [-0.4, -0.2) is 11.9 Å². The molecule has 0 bridgehead atoms. The fourth-order valence-corrected chi connectivity index (χ4v) is 1.45. The van der Waals surface area contributed by atoms with Crippen LogP contribution in [0.1, 0.15) is 12.0 Å². The molecular weight excluding hydrogens is 176 g/mol. The third kappa shape index (κ3) is 2.09. The van der Waals surface area contributed by atoms with Crippen molar-refractivity contribution in [3.05, 3.63) is 48.0 Å². The van der Waals surface area contributed by atoms with Gasteiger partial charge in [-0.05, 0) is 18.1 Å². The van der Waals surface area contributed by atoms with Gasteiger partial charge < -0.3 is 4.74 Å². The van der Waals surface area contributed by atoms with E-state index in [1.807, 2.05) is 36.4 Å². The molecule has 0 spiro atoms. The summed E-state index contributed by atoms with van der Waals surface area (Å²) in [6.07, 6.45) is 3.91. The van der Waals surface area contributed by atoms with Gasteiger partial charge in [0.05, 0.1) is 6.61 Å². The summed E-state index contributed by atoms with van der Waals surface area (Å²) < 4.78 is 5.49. The number of hydrogen-bond donors (Lipinski definition) is 0. The number of carbonyl (C=O) groups excluding carboxylic acids is 1. The number of hydrogen-bond acceptors (Lipinski definition) is 2. The van der Waals surface area contributed by atoms with E-state index < -0.39 is 0 Å². The van der Waals surface area contributed by atoms with E-state index in [1.54, 1.807) is 6.08 Å². The Hall–Kier alpha value is -1.41. The zero-order valence-electron chi connectivity index (χ0n) is 7.85. The van der Waals surface area contributed by atoms with Crippen LogP contribution in [0, 0.1) is 0 Å². The predicted octanol–water partition coefficient (Wildman–Crippen LogP) is 2.10. The first-order valence-corrected chi connectivity index (χ1v) is 4.72. The zero-order chi connectivity index (χ0) is 9.80. The average Bonchev–Trinajstić information content (AvgIpc) is 2.63. The number of carbonyl (C=O) groups is 1. The van der Waals surface area contributed by atoms with Crippen molar-refractivity contribution in [1.82, 2.24) is 0 Å². The minimum absolute atomic E-state index is 0.0842. The lowest BCUT2D eigenvalue weighted by Gasteiger charge is -2.09. The van der Waals surface area contributed by atoms with Crippen LogP contribution < -0.4 is 0 Å². The summed E-state index contributed by atoms with van der Waals surface area (Å²) in [5.41, 5.74) is 1.10. The Bertz CT molecular complexity index is 341. The Morgan fingerprint density at radius 2 is 2.07 bits per heavy atom. The van der Waals surface area contributed by atoms with Crippen LogP contribution in [0.5, 0.6) is 0 Å². The van der Waals surface area contributed by atoms with Crippen LogP contribution in [0.4, 0.5) is 0 Å². The van der Waals surface area contributed by atoms with E-state index >= 15 is 0 Å². The number of ether oxygens (including phenoxy) is 1. The lowest BCUT2D eigenvalue weighted by Crippen LogP contribution is -2.17. The monoisotopic (exact) mass is 188 g/mol. The van der Waals surface area contributed by atoms with Gasteiger partial charge in [0.2, 0.25) is 0 Å². The highest BCUT2D eigenvalue weighted by molar-refractivity contribution is 5.95. The van der Waals surface area contributed by atoms with Crippen molar-refractivity contribution in [2.24, 2.45) is 0 Å². The molecule has 2 heteroatoms. The Morgan fingerprint density at radius 1 is 1.29 bits per heavy atom. The molecule has 0 aliphatic heterocycles. The normalized spacial score (nSPS) is 20.3. The van der Waals surface area contributed by atoms with Gasteiger partial charge in [0.1, 0.15) is 6.10 Å². The van der Waals surface area contributed by atoms with Crippen LogP contribution in [0.25, 0.3) is 0 Å². The van der Waals surface area contributed by atoms with E-state index in [2.05, 4.69) is 0 Å². The molecule has 0 saturated carbocycles. The van der Waals surface area contributed by atoms with Gasteiger partial charge in [-0.25, -0.2) is 0 Å².